The van der Waals surface area contributed by atoms with Crippen LogP contribution in [-0.4, -0.2) is 45.6 Å². The average molecular weight is 259 g/mol. The Labute approximate surface area is 111 Å². The van der Waals surface area contributed by atoms with Crippen LogP contribution in [-0.2, 0) is 0 Å². The number of rotatable bonds is 4. The van der Waals surface area contributed by atoms with Crippen molar-refractivity contribution in [3.8, 4) is 0 Å². The number of aliphatic hydroxyl groups is 1. The lowest BCUT2D eigenvalue weighted by molar-refractivity contribution is 0.0769. The Hall–Kier alpha value is -2.01. The smallest absolute Gasteiger partial charge is 0.253 e. The van der Waals surface area contributed by atoms with Crippen LogP contribution in [0.4, 0.5) is 0 Å². The number of carbonyl (C=O) groups excluding carboxylic acids is 1. The summed E-state index contributed by atoms with van der Waals surface area (Å²) in [7, 11) is 1.73. The topological polar surface area (TPSA) is 66.3 Å². The lowest BCUT2D eigenvalue weighted by atomic mass is 10.1. The van der Waals surface area contributed by atoms with Gasteiger partial charge in [0, 0.05) is 31.5 Å². The summed E-state index contributed by atoms with van der Waals surface area (Å²) in [5.41, 5.74) is 2.06. The van der Waals surface area contributed by atoms with E-state index < -0.39 is 6.10 Å². The van der Waals surface area contributed by atoms with Crippen molar-refractivity contribution < 1.29 is 9.90 Å². The molecule has 0 radical (unpaired) electrons. The fourth-order valence-corrected chi connectivity index (χ4v) is 1.80. The first-order valence-corrected chi connectivity index (χ1v) is 6.22. The Kier molecular flexibility index (Phi) is 4.06. The summed E-state index contributed by atoms with van der Waals surface area (Å²) in [5, 5.41) is 9.24. The third kappa shape index (κ3) is 3.26. The van der Waals surface area contributed by atoms with E-state index in [1.54, 1.807) is 49.5 Å². The zero-order valence-corrected chi connectivity index (χ0v) is 11.1. The molecule has 0 spiro atoms. The molecule has 0 aliphatic rings. The zero-order valence-electron chi connectivity index (χ0n) is 11.1. The van der Waals surface area contributed by atoms with E-state index in [0.717, 1.165) is 5.52 Å². The molecule has 0 fully saturated rings. The van der Waals surface area contributed by atoms with Crippen molar-refractivity contribution >= 4 is 16.9 Å². The summed E-state index contributed by atoms with van der Waals surface area (Å²) in [6.45, 7) is 2.24. The highest BCUT2D eigenvalue weighted by molar-refractivity contribution is 5.97. The highest BCUT2D eigenvalue weighted by Crippen LogP contribution is 2.12. The molecule has 2 rings (SSSR count). The first-order valence-electron chi connectivity index (χ1n) is 6.22. The summed E-state index contributed by atoms with van der Waals surface area (Å²) >= 11 is 0. The van der Waals surface area contributed by atoms with Gasteiger partial charge in [0.05, 0.1) is 17.1 Å². The molecule has 1 atom stereocenters. The second-order valence-corrected chi connectivity index (χ2v) is 4.62. The van der Waals surface area contributed by atoms with E-state index in [1.165, 1.54) is 0 Å². The van der Waals surface area contributed by atoms with Gasteiger partial charge in [0.1, 0.15) is 0 Å². The molecule has 1 aromatic carbocycles. The Bertz CT molecular complexity index is 584. The lowest BCUT2D eigenvalue weighted by Gasteiger charge is -2.18. The number of benzene rings is 1. The number of nitrogens with zero attached hydrogens (tertiary/aromatic N) is 3. The molecule has 0 saturated carbocycles. The van der Waals surface area contributed by atoms with E-state index in [9.17, 15) is 9.90 Å². The molecule has 1 heterocycles. The van der Waals surface area contributed by atoms with Gasteiger partial charge in [-0.25, -0.2) is 0 Å². The highest BCUT2D eigenvalue weighted by atomic mass is 16.3. The average Bonchev–Trinajstić information content (AvgIpc) is 2.43. The first kappa shape index (κ1) is 13.4. The molecular weight excluding hydrogens is 242 g/mol. The fourth-order valence-electron chi connectivity index (χ4n) is 1.80. The molecule has 0 saturated heterocycles. The third-order valence-electron chi connectivity index (χ3n) is 2.95. The predicted octanol–water partition coefficient (Wildman–Crippen LogP) is 1.47. The standard InChI is InChI=1S/C14H17N3O2/c1-10(18)5-8-17(2)14(19)11-3-4-12-13(9-11)16-7-6-15-12/h3-4,6-7,9-10,18H,5,8H2,1-2H3. The summed E-state index contributed by atoms with van der Waals surface area (Å²) in [4.78, 5) is 22.1. The van der Waals surface area contributed by atoms with E-state index in [4.69, 9.17) is 0 Å². The van der Waals surface area contributed by atoms with Crippen molar-refractivity contribution in [2.45, 2.75) is 19.4 Å². The molecule has 2 aromatic rings. The number of amides is 1. The Morgan fingerprint density at radius 3 is 2.68 bits per heavy atom. The summed E-state index contributed by atoms with van der Waals surface area (Å²) in [5.74, 6) is -0.0757. The van der Waals surface area contributed by atoms with Crippen LogP contribution in [0.1, 0.15) is 23.7 Å². The van der Waals surface area contributed by atoms with Crippen LogP contribution < -0.4 is 0 Å². The van der Waals surface area contributed by atoms with Gasteiger partial charge in [-0.05, 0) is 31.5 Å². The van der Waals surface area contributed by atoms with Gasteiger partial charge in [-0.1, -0.05) is 0 Å². The summed E-state index contributed by atoms with van der Waals surface area (Å²) < 4.78 is 0. The number of hydrogen-bond donors (Lipinski definition) is 1. The maximum absolute atomic E-state index is 12.2. The third-order valence-corrected chi connectivity index (χ3v) is 2.95. The normalized spacial score (nSPS) is 12.4. The number of carbonyl (C=O) groups is 1. The van der Waals surface area contributed by atoms with E-state index in [2.05, 4.69) is 9.97 Å². The Morgan fingerprint density at radius 2 is 2.00 bits per heavy atom. The molecular formula is C14H17N3O2. The van der Waals surface area contributed by atoms with Gasteiger partial charge >= 0.3 is 0 Å². The second-order valence-electron chi connectivity index (χ2n) is 4.62. The number of fused-ring (bicyclic) bond motifs is 1. The van der Waals surface area contributed by atoms with Crippen molar-refractivity contribution in [1.82, 2.24) is 14.9 Å². The van der Waals surface area contributed by atoms with Crippen LogP contribution >= 0.6 is 0 Å². The van der Waals surface area contributed by atoms with Crippen molar-refractivity contribution in [1.29, 1.82) is 0 Å². The quantitative estimate of drug-likeness (QED) is 0.903. The van der Waals surface area contributed by atoms with Crippen molar-refractivity contribution in [3.05, 3.63) is 36.2 Å². The van der Waals surface area contributed by atoms with Crippen molar-refractivity contribution in [2.24, 2.45) is 0 Å². The largest absolute Gasteiger partial charge is 0.393 e. The molecule has 5 heteroatoms. The Morgan fingerprint density at radius 1 is 1.32 bits per heavy atom. The number of hydrogen-bond acceptors (Lipinski definition) is 4. The highest BCUT2D eigenvalue weighted by Gasteiger charge is 2.13. The molecule has 19 heavy (non-hydrogen) atoms. The SMILES string of the molecule is CC(O)CCN(C)C(=O)c1ccc2nccnc2c1. The van der Waals surface area contributed by atoms with E-state index >= 15 is 0 Å². The van der Waals surface area contributed by atoms with Crippen LogP contribution in [0.2, 0.25) is 0 Å². The van der Waals surface area contributed by atoms with Crippen molar-refractivity contribution in [2.75, 3.05) is 13.6 Å². The van der Waals surface area contributed by atoms with Crippen LogP contribution in [0.25, 0.3) is 11.0 Å². The summed E-state index contributed by atoms with van der Waals surface area (Å²) in [6.07, 6.45) is 3.39. The zero-order chi connectivity index (χ0) is 13.8. The second kappa shape index (κ2) is 5.75. The van der Waals surface area contributed by atoms with Crippen LogP contribution in [0.5, 0.6) is 0 Å². The maximum Gasteiger partial charge on any atom is 0.253 e. The molecule has 1 amide bonds. The summed E-state index contributed by atoms with van der Waals surface area (Å²) in [6, 6.07) is 5.28. The first-order chi connectivity index (χ1) is 9.08. The van der Waals surface area contributed by atoms with Gasteiger partial charge in [0.25, 0.3) is 5.91 Å². The van der Waals surface area contributed by atoms with E-state index in [-0.39, 0.29) is 5.91 Å². The molecule has 0 aliphatic heterocycles. The lowest BCUT2D eigenvalue weighted by Crippen LogP contribution is -2.29. The van der Waals surface area contributed by atoms with E-state index in [0.29, 0.717) is 24.0 Å². The van der Waals surface area contributed by atoms with Gasteiger partial charge < -0.3 is 10.0 Å². The van der Waals surface area contributed by atoms with Crippen LogP contribution in [0.15, 0.2) is 30.6 Å². The molecule has 0 aliphatic carbocycles. The molecule has 0 bridgehead atoms. The molecule has 1 aromatic heterocycles. The Balaban J connectivity index is 2.16. The minimum absolute atomic E-state index is 0.0757. The van der Waals surface area contributed by atoms with Gasteiger partial charge in [0.2, 0.25) is 0 Å². The van der Waals surface area contributed by atoms with Gasteiger partial charge in [0.15, 0.2) is 0 Å². The van der Waals surface area contributed by atoms with E-state index in [1.807, 2.05) is 0 Å². The molecule has 1 N–H and O–H groups in total. The minimum Gasteiger partial charge on any atom is -0.393 e. The number of aliphatic hydroxyl groups excluding tert-OH is 1. The van der Waals surface area contributed by atoms with Crippen LogP contribution in [0.3, 0.4) is 0 Å². The van der Waals surface area contributed by atoms with Crippen LogP contribution in [0, 0.1) is 0 Å². The van der Waals surface area contributed by atoms with Crippen molar-refractivity contribution in [3.63, 3.8) is 0 Å². The number of aromatic nitrogens is 2. The fraction of sp³-hybridized carbons (Fsp3) is 0.357. The van der Waals surface area contributed by atoms with Gasteiger partial charge in [-0.15, -0.1) is 0 Å². The molecule has 100 valence electrons. The van der Waals surface area contributed by atoms with Gasteiger partial charge in [-0.3, -0.25) is 14.8 Å². The molecule has 5 nitrogen and oxygen atoms in total. The predicted molar refractivity (Wildman–Crippen MR) is 72.8 cm³/mol. The maximum atomic E-state index is 12.2. The minimum atomic E-state index is -0.405. The van der Waals surface area contributed by atoms with Gasteiger partial charge in [-0.2, -0.15) is 0 Å². The molecule has 1 unspecified atom stereocenters. The monoisotopic (exact) mass is 259 g/mol.